The van der Waals surface area contributed by atoms with Crippen LogP contribution in [0.2, 0.25) is 0 Å². The van der Waals surface area contributed by atoms with Crippen molar-refractivity contribution in [3.05, 3.63) is 39.8 Å². The molecule has 0 bridgehead atoms. The Morgan fingerprint density at radius 2 is 2.00 bits per heavy atom. The van der Waals surface area contributed by atoms with Crippen molar-refractivity contribution in [2.75, 3.05) is 39.2 Å². The molecule has 0 saturated carbocycles. The van der Waals surface area contributed by atoms with Crippen molar-refractivity contribution in [3.63, 3.8) is 0 Å². The van der Waals surface area contributed by atoms with Gasteiger partial charge in [0.25, 0.3) is 5.56 Å². The van der Waals surface area contributed by atoms with Crippen LogP contribution in [0.5, 0.6) is 5.75 Å². The van der Waals surface area contributed by atoms with Crippen molar-refractivity contribution in [2.45, 2.75) is 32.9 Å². The highest BCUT2D eigenvalue weighted by atomic mass is 16.5. The van der Waals surface area contributed by atoms with Crippen LogP contribution in [-0.4, -0.2) is 66.6 Å². The Kier molecular flexibility index (Phi) is 6.84. The Labute approximate surface area is 181 Å². The zero-order valence-electron chi connectivity index (χ0n) is 18.9. The molecule has 31 heavy (non-hydrogen) atoms. The number of nitrogens with one attached hydrogen (secondary N) is 1. The molecule has 1 aromatic carbocycles. The minimum Gasteiger partial charge on any atom is -0.497 e. The molecule has 3 rings (SSSR count). The van der Waals surface area contributed by atoms with E-state index in [2.05, 4.69) is 5.32 Å². The summed E-state index contributed by atoms with van der Waals surface area (Å²) < 4.78 is 17.4. The minimum absolute atomic E-state index is 0.190. The quantitative estimate of drug-likeness (QED) is 0.752. The van der Waals surface area contributed by atoms with Crippen LogP contribution in [0.25, 0.3) is 11.4 Å². The second-order valence-corrected chi connectivity index (χ2v) is 7.56. The summed E-state index contributed by atoms with van der Waals surface area (Å²) in [6.07, 6.45) is -0.668. The lowest BCUT2D eigenvalue weighted by molar-refractivity contribution is 0.0614. The number of aromatic nitrogens is 2. The first kappa shape index (κ1) is 22.6. The summed E-state index contributed by atoms with van der Waals surface area (Å²) in [5, 5.41) is 3.28. The molecule has 1 N–H and O–H groups in total. The fourth-order valence-corrected chi connectivity index (χ4v) is 3.89. The van der Waals surface area contributed by atoms with Crippen molar-refractivity contribution in [1.82, 2.24) is 14.5 Å². The van der Waals surface area contributed by atoms with E-state index in [-0.39, 0.29) is 17.7 Å². The van der Waals surface area contributed by atoms with Crippen molar-refractivity contribution in [3.8, 4) is 17.1 Å². The van der Waals surface area contributed by atoms with Gasteiger partial charge in [-0.25, -0.2) is 9.78 Å². The molecule has 168 valence electrons. The number of rotatable bonds is 6. The van der Waals surface area contributed by atoms with E-state index in [4.69, 9.17) is 19.2 Å². The van der Waals surface area contributed by atoms with Gasteiger partial charge in [0.05, 0.1) is 38.6 Å². The van der Waals surface area contributed by atoms with Crippen molar-refractivity contribution < 1.29 is 19.0 Å². The van der Waals surface area contributed by atoms with Gasteiger partial charge >= 0.3 is 6.09 Å². The molecule has 0 radical (unpaired) electrons. The highest BCUT2D eigenvalue weighted by Gasteiger charge is 2.37. The number of hydrogen-bond donors (Lipinski definition) is 1. The van der Waals surface area contributed by atoms with Crippen LogP contribution in [-0.2, 0) is 16.5 Å². The first-order valence-electron chi connectivity index (χ1n) is 10.2. The van der Waals surface area contributed by atoms with Crippen LogP contribution >= 0.6 is 0 Å². The Hall–Kier alpha value is -3.07. The van der Waals surface area contributed by atoms with E-state index >= 15 is 0 Å². The lowest BCUT2D eigenvalue weighted by Gasteiger charge is -2.22. The number of nitrogens with zero attached hydrogens (tertiary/aromatic N) is 3. The molecule has 1 amide bonds. The van der Waals surface area contributed by atoms with Crippen LogP contribution in [0.1, 0.15) is 18.2 Å². The zero-order chi connectivity index (χ0) is 22.7. The molecule has 9 nitrogen and oxygen atoms in total. The summed E-state index contributed by atoms with van der Waals surface area (Å²) in [4.78, 5) is 31.5. The topological polar surface area (TPSA) is 94.9 Å². The van der Waals surface area contributed by atoms with Crippen molar-refractivity contribution >= 4 is 11.8 Å². The van der Waals surface area contributed by atoms with Gasteiger partial charge in [0.2, 0.25) is 0 Å². The molecule has 2 atom stereocenters. The molecular formula is C22H30N4O5. The van der Waals surface area contributed by atoms with Crippen LogP contribution in [0.3, 0.4) is 0 Å². The second kappa shape index (κ2) is 9.38. The van der Waals surface area contributed by atoms with Gasteiger partial charge in [-0.2, -0.15) is 0 Å². The molecule has 1 aliphatic heterocycles. The number of amides is 1. The van der Waals surface area contributed by atoms with Crippen LogP contribution < -0.4 is 15.6 Å². The largest absolute Gasteiger partial charge is 0.497 e. The third kappa shape index (κ3) is 4.51. The summed E-state index contributed by atoms with van der Waals surface area (Å²) in [6.45, 7) is 6.93. The molecule has 9 heteroatoms. The van der Waals surface area contributed by atoms with E-state index in [9.17, 15) is 9.59 Å². The molecular weight excluding hydrogens is 400 g/mol. The van der Waals surface area contributed by atoms with Gasteiger partial charge in [-0.15, -0.1) is 0 Å². The minimum atomic E-state index is -0.415. The van der Waals surface area contributed by atoms with Gasteiger partial charge in [0, 0.05) is 25.8 Å². The van der Waals surface area contributed by atoms with Gasteiger partial charge in [0.1, 0.15) is 17.3 Å². The summed E-state index contributed by atoms with van der Waals surface area (Å²) in [7, 11) is 4.67. The second-order valence-electron chi connectivity index (χ2n) is 7.56. The first-order chi connectivity index (χ1) is 14.8. The lowest BCUT2D eigenvalue weighted by atomic mass is 10.1. The number of carbonyl (C=O) groups excluding carboxylic acids is 1. The van der Waals surface area contributed by atoms with E-state index in [0.717, 1.165) is 16.9 Å². The van der Waals surface area contributed by atoms with E-state index in [1.54, 1.807) is 26.0 Å². The van der Waals surface area contributed by atoms with Crippen LogP contribution in [0.15, 0.2) is 23.0 Å². The molecule has 1 fully saturated rings. The van der Waals surface area contributed by atoms with E-state index in [1.165, 1.54) is 11.7 Å². The maximum atomic E-state index is 13.2. The Balaban J connectivity index is 1.94. The summed E-state index contributed by atoms with van der Waals surface area (Å²) in [5.41, 5.74) is 2.62. The Bertz CT molecular complexity index is 1020. The summed E-state index contributed by atoms with van der Waals surface area (Å²) >= 11 is 0. The molecule has 2 aromatic rings. The zero-order valence-corrected chi connectivity index (χ0v) is 18.9. The monoisotopic (exact) mass is 430 g/mol. The molecule has 1 unspecified atom stereocenters. The number of methoxy groups -OCH3 is 2. The molecule has 1 aromatic heterocycles. The summed E-state index contributed by atoms with van der Waals surface area (Å²) in [5.74, 6) is 1.33. The lowest BCUT2D eigenvalue weighted by Crippen LogP contribution is -2.38. The predicted molar refractivity (Wildman–Crippen MR) is 118 cm³/mol. The van der Waals surface area contributed by atoms with E-state index in [0.29, 0.717) is 36.9 Å². The molecule has 1 aliphatic rings. The number of hydrogen-bond acceptors (Lipinski definition) is 7. The van der Waals surface area contributed by atoms with Crippen LogP contribution in [0.4, 0.5) is 10.5 Å². The smallest absolute Gasteiger partial charge is 0.409 e. The van der Waals surface area contributed by atoms with Crippen molar-refractivity contribution in [1.29, 1.82) is 0 Å². The molecule has 0 aliphatic carbocycles. The van der Waals surface area contributed by atoms with E-state index < -0.39 is 6.09 Å². The average molecular weight is 431 g/mol. The number of ether oxygens (including phenoxy) is 3. The highest BCUT2D eigenvalue weighted by Crippen LogP contribution is 2.26. The third-order valence-corrected chi connectivity index (χ3v) is 5.56. The molecule has 1 saturated heterocycles. The fourth-order valence-electron chi connectivity index (χ4n) is 3.89. The maximum Gasteiger partial charge on any atom is 0.409 e. The molecule has 2 heterocycles. The van der Waals surface area contributed by atoms with E-state index in [1.807, 2.05) is 32.0 Å². The number of anilines is 1. The number of aryl methyl sites for hydroxylation is 2. The number of carbonyl (C=O) groups is 1. The summed E-state index contributed by atoms with van der Waals surface area (Å²) in [6, 6.07) is 5.41. The normalized spacial score (nSPS) is 18.2. The maximum absolute atomic E-state index is 13.2. The average Bonchev–Trinajstić information content (AvgIpc) is 3.16. The van der Waals surface area contributed by atoms with Crippen molar-refractivity contribution in [2.24, 2.45) is 7.05 Å². The third-order valence-electron chi connectivity index (χ3n) is 5.56. The SMILES string of the molecule is CCO[C@H]1CN(C(=O)OC)CC1Nc1c(C)nc(-c2ccc(OC)cc2C)n(C)c1=O. The molecule has 0 spiro atoms. The van der Waals surface area contributed by atoms with Gasteiger partial charge in [-0.1, -0.05) is 0 Å². The highest BCUT2D eigenvalue weighted by molar-refractivity contribution is 5.68. The fraction of sp³-hybridized carbons (Fsp3) is 0.500. The Morgan fingerprint density at radius 3 is 2.61 bits per heavy atom. The van der Waals surface area contributed by atoms with Crippen LogP contribution in [0, 0.1) is 13.8 Å². The van der Waals surface area contributed by atoms with Gasteiger partial charge in [-0.3, -0.25) is 9.36 Å². The standard InChI is InChI=1S/C22H30N4O5/c1-7-31-18-12-26(22(28)30-6)11-17(18)24-19-14(3)23-20(25(4)21(19)27)16-9-8-15(29-5)10-13(16)2/h8-10,17-18,24H,7,11-12H2,1-6H3/t17?,18-/m0/s1. The van der Waals surface area contributed by atoms with Gasteiger partial charge < -0.3 is 24.4 Å². The first-order valence-corrected chi connectivity index (χ1v) is 10.2. The van der Waals surface area contributed by atoms with Gasteiger partial charge in [0.15, 0.2) is 0 Å². The Morgan fingerprint density at radius 1 is 1.26 bits per heavy atom. The predicted octanol–water partition coefficient (Wildman–Crippen LogP) is 2.34. The number of likely N-dealkylation sites (tertiary alicyclic amines) is 1. The van der Waals surface area contributed by atoms with Gasteiger partial charge in [-0.05, 0) is 44.5 Å². The number of benzene rings is 1.